The van der Waals surface area contributed by atoms with Crippen LogP contribution < -0.4 is 0 Å². The van der Waals surface area contributed by atoms with Gasteiger partial charge < -0.3 is 10.0 Å². The zero-order chi connectivity index (χ0) is 18.0. The Balaban J connectivity index is 1.71. The first kappa shape index (κ1) is 17.7. The van der Waals surface area contributed by atoms with Crippen LogP contribution in [0.15, 0.2) is 18.7 Å². The van der Waals surface area contributed by atoms with E-state index < -0.39 is 5.97 Å². The minimum atomic E-state index is -0.788. The van der Waals surface area contributed by atoms with Crippen LogP contribution in [0.25, 0.3) is 0 Å². The SMILES string of the molecule is C=C[C@H]1CN(C(=O)c2cc(C3CCCC3)nn2C)CC[C@H]1CC(=O)O. The summed E-state index contributed by atoms with van der Waals surface area (Å²) in [6, 6.07) is 1.95. The summed E-state index contributed by atoms with van der Waals surface area (Å²) >= 11 is 0. The molecule has 1 amide bonds. The average molecular weight is 345 g/mol. The summed E-state index contributed by atoms with van der Waals surface area (Å²) in [5.74, 6) is -0.240. The summed E-state index contributed by atoms with van der Waals surface area (Å²) in [4.78, 5) is 25.8. The van der Waals surface area contributed by atoms with Crippen molar-refractivity contribution in [2.24, 2.45) is 18.9 Å². The Bertz CT molecular complexity index is 661. The molecule has 1 aliphatic carbocycles. The van der Waals surface area contributed by atoms with Crippen LogP contribution >= 0.6 is 0 Å². The Labute approximate surface area is 148 Å². The van der Waals surface area contributed by atoms with E-state index in [2.05, 4.69) is 11.7 Å². The van der Waals surface area contributed by atoms with Crippen molar-refractivity contribution >= 4 is 11.9 Å². The number of aliphatic carboxylic acids is 1. The van der Waals surface area contributed by atoms with Crippen molar-refractivity contribution in [3.8, 4) is 0 Å². The zero-order valence-corrected chi connectivity index (χ0v) is 14.9. The Kier molecular flexibility index (Phi) is 5.25. The molecule has 2 fully saturated rings. The van der Waals surface area contributed by atoms with Gasteiger partial charge in [-0.25, -0.2) is 0 Å². The number of likely N-dealkylation sites (tertiary alicyclic amines) is 1. The quantitative estimate of drug-likeness (QED) is 0.833. The van der Waals surface area contributed by atoms with E-state index in [9.17, 15) is 9.59 Å². The van der Waals surface area contributed by atoms with E-state index in [0.29, 0.717) is 31.1 Å². The Morgan fingerprint density at radius 1 is 1.36 bits per heavy atom. The molecule has 2 aliphatic rings. The van der Waals surface area contributed by atoms with Crippen LogP contribution in [0.3, 0.4) is 0 Å². The first-order valence-electron chi connectivity index (χ1n) is 9.17. The summed E-state index contributed by atoms with van der Waals surface area (Å²) in [5.41, 5.74) is 1.66. The lowest BCUT2D eigenvalue weighted by Crippen LogP contribution is -2.44. The van der Waals surface area contributed by atoms with Crippen LogP contribution in [0.1, 0.15) is 60.6 Å². The van der Waals surface area contributed by atoms with E-state index in [1.54, 1.807) is 10.8 Å². The van der Waals surface area contributed by atoms with Crippen LogP contribution in [0, 0.1) is 11.8 Å². The molecule has 1 aromatic rings. The van der Waals surface area contributed by atoms with Crippen molar-refractivity contribution in [3.63, 3.8) is 0 Å². The van der Waals surface area contributed by atoms with Gasteiger partial charge in [-0.2, -0.15) is 5.10 Å². The number of carboxylic acid groups (broad SMARTS) is 1. The minimum Gasteiger partial charge on any atom is -0.481 e. The van der Waals surface area contributed by atoms with E-state index in [1.807, 2.05) is 18.0 Å². The van der Waals surface area contributed by atoms with Gasteiger partial charge in [-0.1, -0.05) is 18.9 Å². The molecule has 1 N–H and O–H groups in total. The van der Waals surface area contributed by atoms with E-state index in [-0.39, 0.29) is 24.2 Å². The number of amides is 1. The number of carbonyl (C=O) groups is 2. The number of rotatable bonds is 5. The lowest BCUT2D eigenvalue weighted by Gasteiger charge is -2.36. The number of nitrogens with zero attached hydrogens (tertiary/aromatic N) is 3. The van der Waals surface area contributed by atoms with Gasteiger partial charge in [0.1, 0.15) is 5.69 Å². The first-order valence-corrected chi connectivity index (χ1v) is 9.17. The number of carboxylic acids is 1. The molecule has 6 heteroatoms. The minimum absolute atomic E-state index is 0.0140. The third-order valence-corrected chi connectivity index (χ3v) is 5.72. The fourth-order valence-corrected chi connectivity index (χ4v) is 4.23. The van der Waals surface area contributed by atoms with Crippen LogP contribution in [0.4, 0.5) is 0 Å². The molecule has 1 aliphatic heterocycles. The second kappa shape index (κ2) is 7.42. The predicted molar refractivity (Wildman–Crippen MR) is 94.4 cm³/mol. The third kappa shape index (κ3) is 3.78. The number of hydrogen-bond donors (Lipinski definition) is 1. The topological polar surface area (TPSA) is 75.4 Å². The van der Waals surface area contributed by atoms with Gasteiger partial charge in [0.25, 0.3) is 5.91 Å². The Hall–Kier alpha value is -2.11. The highest BCUT2D eigenvalue weighted by molar-refractivity contribution is 5.92. The van der Waals surface area contributed by atoms with E-state index >= 15 is 0 Å². The second-order valence-electron chi connectivity index (χ2n) is 7.36. The number of aromatic nitrogens is 2. The molecule has 1 saturated heterocycles. The van der Waals surface area contributed by atoms with Crippen LogP contribution in [-0.4, -0.2) is 44.8 Å². The van der Waals surface area contributed by atoms with Crippen LogP contribution in [0.5, 0.6) is 0 Å². The average Bonchev–Trinajstić information content (AvgIpc) is 3.23. The van der Waals surface area contributed by atoms with E-state index in [1.165, 1.54) is 12.8 Å². The van der Waals surface area contributed by atoms with Gasteiger partial charge in [0.15, 0.2) is 0 Å². The molecular weight excluding hydrogens is 318 g/mol. The second-order valence-corrected chi connectivity index (χ2v) is 7.36. The molecule has 0 spiro atoms. The van der Waals surface area contributed by atoms with Crippen molar-refractivity contribution in [2.75, 3.05) is 13.1 Å². The van der Waals surface area contributed by atoms with E-state index in [0.717, 1.165) is 18.5 Å². The van der Waals surface area contributed by atoms with E-state index in [4.69, 9.17) is 5.11 Å². The van der Waals surface area contributed by atoms with Gasteiger partial charge in [-0.15, -0.1) is 6.58 Å². The molecule has 2 heterocycles. The van der Waals surface area contributed by atoms with Crippen molar-refractivity contribution in [2.45, 2.75) is 44.4 Å². The number of aryl methyl sites for hydroxylation is 1. The molecule has 25 heavy (non-hydrogen) atoms. The fourth-order valence-electron chi connectivity index (χ4n) is 4.23. The fraction of sp³-hybridized carbons (Fsp3) is 0.632. The molecule has 6 nitrogen and oxygen atoms in total. The molecule has 3 rings (SSSR count). The molecule has 0 bridgehead atoms. The molecule has 1 aromatic heterocycles. The van der Waals surface area contributed by atoms with Crippen LogP contribution in [0.2, 0.25) is 0 Å². The largest absolute Gasteiger partial charge is 0.481 e. The van der Waals surface area contributed by atoms with Gasteiger partial charge in [0, 0.05) is 32.5 Å². The monoisotopic (exact) mass is 345 g/mol. The lowest BCUT2D eigenvalue weighted by molar-refractivity contribution is -0.138. The summed E-state index contributed by atoms with van der Waals surface area (Å²) in [7, 11) is 1.83. The van der Waals surface area contributed by atoms with Gasteiger partial charge in [-0.3, -0.25) is 14.3 Å². The van der Waals surface area contributed by atoms with Crippen molar-refractivity contribution < 1.29 is 14.7 Å². The maximum atomic E-state index is 13.0. The van der Waals surface area contributed by atoms with Gasteiger partial charge >= 0.3 is 5.97 Å². The Morgan fingerprint density at radius 2 is 2.08 bits per heavy atom. The summed E-state index contributed by atoms with van der Waals surface area (Å²) in [5, 5.41) is 13.6. The summed E-state index contributed by atoms with van der Waals surface area (Å²) in [6.07, 6.45) is 7.41. The smallest absolute Gasteiger partial charge is 0.303 e. The molecule has 0 radical (unpaired) electrons. The highest BCUT2D eigenvalue weighted by atomic mass is 16.4. The molecule has 2 atom stereocenters. The van der Waals surface area contributed by atoms with Crippen molar-refractivity contribution in [1.82, 2.24) is 14.7 Å². The van der Waals surface area contributed by atoms with Gasteiger partial charge in [-0.05, 0) is 37.2 Å². The normalized spacial score (nSPS) is 24.4. The zero-order valence-electron chi connectivity index (χ0n) is 14.9. The summed E-state index contributed by atoms with van der Waals surface area (Å²) < 4.78 is 1.70. The van der Waals surface area contributed by atoms with Crippen LogP contribution in [-0.2, 0) is 11.8 Å². The molecule has 0 unspecified atom stereocenters. The number of hydrogen-bond acceptors (Lipinski definition) is 3. The van der Waals surface area contributed by atoms with Crippen molar-refractivity contribution in [1.29, 1.82) is 0 Å². The maximum absolute atomic E-state index is 13.0. The van der Waals surface area contributed by atoms with Gasteiger partial charge in [0.05, 0.1) is 5.69 Å². The predicted octanol–water partition coefficient (Wildman–Crippen LogP) is 2.82. The first-order chi connectivity index (χ1) is 12.0. The molecule has 136 valence electrons. The third-order valence-electron chi connectivity index (χ3n) is 5.72. The molecule has 0 aromatic carbocycles. The Morgan fingerprint density at radius 3 is 2.72 bits per heavy atom. The number of carbonyl (C=O) groups excluding carboxylic acids is 1. The van der Waals surface area contributed by atoms with Crippen molar-refractivity contribution in [3.05, 3.63) is 30.1 Å². The standard InChI is InChI=1S/C19H27N3O3/c1-3-13-12-22(9-8-15(13)10-18(23)24)19(25)17-11-16(20-21(17)2)14-6-4-5-7-14/h3,11,13-15H,1,4-10,12H2,2H3,(H,23,24)/t13-,15-/m0/s1. The lowest BCUT2D eigenvalue weighted by atomic mass is 9.83. The highest BCUT2D eigenvalue weighted by Gasteiger charge is 2.33. The molecule has 1 saturated carbocycles. The van der Waals surface area contributed by atoms with Gasteiger partial charge in [0.2, 0.25) is 0 Å². The maximum Gasteiger partial charge on any atom is 0.303 e. The number of piperidine rings is 1. The summed E-state index contributed by atoms with van der Waals surface area (Å²) in [6.45, 7) is 4.95. The molecular formula is C19H27N3O3. The highest BCUT2D eigenvalue weighted by Crippen LogP contribution is 2.34.